The maximum absolute atomic E-state index is 10.7. The number of nitrogens with zero attached hydrogens (tertiary/aromatic N) is 2. The van der Waals surface area contributed by atoms with Gasteiger partial charge in [0.15, 0.2) is 11.5 Å². The van der Waals surface area contributed by atoms with E-state index in [9.17, 15) is 4.79 Å². The summed E-state index contributed by atoms with van der Waals surface area (Å²) in [5.74, 6) is 1.29. The van der Waals surface area contributed by atoms with E-state index in [-0.39, 0.29) is 0 Å². The lowest BCUT2D eigenvalue weighted by Crippen LogP contribution is -2.07. The van der Waals surface area contributed by atoms with Crippen LogP contribution in [0.4, 0.5) is 10.5 Å². The molecule has 0 unspecified atom stereocenters. The normalized spacial score (nSPS) is 10.9. The number of carbonyl (C=O) groups is 1. The average Bonchev–Trinajstić information content (AvgIpc) is 3.11. The highest BCUT2D eigenvalue weighted by molar-refractivity contribution is 6.05. The largest absolute Gasteiger partial charge is 0.493 e. The van der Waals surface area contributed by atoms with Crippen LogP contribution < -0.4 is 14.8 Å². The number of carboxylic acid groups (broad SMARTS) is 1. The maximum Gasteiger partial charge on any atom is 0.409 e. The fourth-order valence-electron chi connectivity index (χ4n) is 3.35. The fraction of sp³-hybridized carbons (Fsp3) is 0.143. The Morgan fingerprint density at radius 3 is 2.50 bits per heavy atom. The predicted molar refractivity (Wildman–Crippen MR) is 108 cm³/mol. The first-order valence-electron chi connectivity index (χ1n) is 8.67. The van der Waals surface area contributed by atoms with Crippen LogP contribution in [0.1, 0.15) is 5.56 Å². The third-order valence-electron chi connectivity index (χ3n) is 4.65. The fourth-order valence-corrected chi connectivity index (χ4v) is 3.35. The van der Waals surface area contributed by atoms with Gasteiger partial charge in [0.1, 0.15) is 0 Å². The Labute approximate surface area is 161 Å². The standard InChI is InChI=1S/C21H19N3O4/c1-27-18-9-16-17(10-19(18)28-2)22-11-14-7-8-24(20(14)16)12-13-3-5-15(6-4-13)23-21(25)26/h3-11,23H,12H2,1-2H3,(H,25,26). The molecule has 0 aliphatic rings. The van der Waals surface area contributed by atoms with Crippen LogP contribution in [-0.4, -0.2) is 35.0 Å². The number of aromatic nitrogens is 2. The first-order chi connectivity index (χ1) is 13.6. The Morgan fingerprint density at radius 2 is 1.82 bits per heavy atom. The van der Waals surface area contributed by atoms with Crippen molar-refractivity contribution in [1.29, 1.82) is 0 Å². The van der Waals surface area contributed by atoms with E-state index in [2.05, 4.69) is 14.9 Å². The quantitative estimate of drug-likeness (QED) is 0.540. The molecule has 2 aromatic carbocycles. The molecule has 142 valence electrons. The molecule has 0 aliphatic heterocycles. The zero-order valence-electron chi connectivity index (χ0n) is 15.5. The molecular formula is C21H19N3O4. The number of methoxy groups -OCH3 is 2. The molecule has 4 aromatic rings. The molecule has 4 rings (SSSR count). The summed E-state index contributed by atoms with van der Waals surface area (Å²) >= 11 is 0. The molecule has 1 amide bonds. The summed E-state index contributed by atoms with van der Waals surface area (Å²) in [6, 6.07) is 13.2. The number of benzene rings is 2. The molecule has 0 saturated carbocycles. The second-order valence-electron chi connectivity index (χ2n) is 6.36. The Morgan fingerprint density at radius 1 is 1.11 bits per heavy atom. The Kier molecular flexibility index (Phi) is 4.49. The first kappa shape index (κ1) is 17.7. The van der Waals surface area contributed by atoms with Crippen LogP contribution in [0.25, 0.3) is 21.8 Å². The molecule has 0 fully saturated rings. The van der Waals surface area contributed by atoms with Crippen molar-refractivity contribution in [3.63, 3.8) is 0 Å². The van der Waals surface area contributed by atoms with Gasteiger partial charge >= 0.3 is 6.09 Å². The van der Waals surface area contributed by atoms with Crippen molar-refractivity contribution in [3.05, 3.63) is 60.4 Å². The van der Waals surface area contributed by atoms with Crippen molar-refractivity contribution in [2.24, 2.45) is 0 Å². The third kappa shape index (κ3) is 3.18. The van der Waals surface area contributed by atoms with Gasteiger partial charge in [0, 0.05) is 41.5 Å². The molecule has 0 radical (unpaired) electrons. The average molecular weight is 377 g/mol. The SMILES string of the molecule is COc1cc2ncc3ccn(Cc4ccc(NC(=O)O)cc4)c3c2cc1OC. The Balaban J connectivity index is 1.77. The van der Waals surface area contributed by atoms with Crippen LogP contribution in [0.2, 0.25) is 0 Å². The van der Waals surface area contributed by atoms with Crippen molar-refractivity contribution in [1.82, 2.24) is 9.55 Å². The van der Waals surface area contributed by atoms with E-state index >= 15 is 0 Å². The van der Waals surface area contributed by atoms with Gasteiger partial charge in [-0.05, 0) is 29.8 Å². The molecular weight excluding hydrogens is 358 g/mol. The number of ether oxygens (including phenoxy) is 2. The van der Waals surface area contributed by atoms with Gasteiger partial charge in [-0.1, -0.05) is 12.1 Å². The monoisotopic (exact) mass is 377 g/mol. The van der Waals surface area contributed by atoms with Gasteiger partial charge in [-0.15, -0.1) is 0 Å². The molecule has 7 nitrogen and oxygen atoms in total. The summed E-state index contributed by atoms with van der Waals surface area (Å²) in [6.07, 6.45) is 2.79. The molecule has 2 heterocycles. The van der Waals surface area contributed by atoms with Crippen molar-refractivity contribution < 1.29 is 19.4 Å². The minimum Gasteiger partial charge on any atom is -0.493 e. The highest BCUT2D eigenvalue weighted by Crippen LogP contribution is 2.35. The lowest BCUT2D eigenvalue weighted by atomic mass is 10.1. The highest BCUT2D eigenvalue weighted by atomic mass is 16.5. The van der Waals surface area contributed by atoms with Crippen molar-refractivity contribution in [2.75, 3.05) is 19.5 Å². The van der Waals surface area contributed by atoms with Gasteiger partial charge in [0.2, 0.25) is 0 Å². The van der Waals surface area contributed by atoms with Crippen LogP contribution in [0.3, 0.4) is 0 Å². The van der Waals surface area contributed by atoms with E-state index in [4.69, 9.17) is 14.6 Å². The number of amides is 1. The van der Waals surface area contributed by atoms with Gasteiger partial charge in [0.25, 0.3) is 0 Å². The van der Waals surface area contributed by atoms with Crippen LogP contribution in [-0.2, 0) is 6.54 Å². The second-order valence-corrected chi connectivity index (χ2v) is 6.36. The summed E-state index contributed by atoms with van der Waals surface area (Å²) in [4.78, 5) is 15.3. The smallest absolute Gasteiger partial charge is 0.409 e. The number of pyridine rings is 1. The molecule has 7 heteroatoms. The van der Waals surface area contributed by atoms with Crippen LogP contribution in [0.15, 0.2) is 54.9 Å². The molecule has 2 aromatic heterocycles. The van der Waals surface area contributed by atoms with Gasteiger partial charge in [-0.3, -0.25) is 10.3 Å². The highest BCUT2D eigenvalue weighted by Gasteiger charge is 2.12. The summed E-state index contributed by atoms with van der Waals surface area (Å²) in [7, 11) is 3.22. The first-order valence-corrected chi connectivity index (χ1v) is 8.67. The van der Waals surface area contributed by atoms with Gasteiger partial charge in [-0.25, -0.2) is 4.79 Å². The number of hydrogen-bond acceptors (Lipinski definition) is 4. The topological polar surface area (TPSA) is 85.6 Å². The number of anilines is 1. The predicted octanol–water partition coefficient (Wildman–Crippen LogP) is 4.34. The van der Waals surface area contributed by atoms with Crippen LogP contribution in [0, 0.1) is 0 Å². The lowest BCUT2D eigenvalue weighted by molar-refractivity contribution is 0.209. The van der Waals surface area contributed by atoms with Gasteiger partial charge in [-0.2, -0.15) is 0 Å². The molecule has 2 N–H and O–H groups in total. The van der Waals surface area contributed by atoms with Crippen molar-refractivity contribution in [3.8, 4) is 11.5 Å². The minimum atomic E-state index is -1.08. The number of hydrogen-bond donors (Lipinski definition) is 2. The zero-order valence-corrected chi connectivity index (χ0v) is 15.5. The van der Waals surface area contributed by atoms with Gasteiger partial charge in [0.05, 0.1) is 25.3 Å². The van der Waals surface area contributed by atoms with Crippen molar-refractivity contribution in [2.45, 2.75) is 6.54 Å². The number of nitrogens with one attached hydrogen (secondary N) is 1. The summed E-state index contributed by atoms with van der Waals surface area (Å²) in [6.45, 7) is 0.643. The Bertz CT molecular complexity index is 1170. The molecule has 0 spiro atoms. The molecule has 0 atom stereocenters. The molecule has 28 heavy (non-hydrogen) atoms. The van der Waals surface area contributed by atoms with E-state index in [1.807, 2.05) is 42.7 Å². The van der Waals surface area contributed by atoms with Gasteiger partial charge < -0.3 is 19.1 Å². The van der Waals surface area contributed by atoms with Crippen molar-refractivity contribution >= 4 is 33.6 Å². The summed E-state index contributed by atoms with van der Waals surface area (Å²) < 4.78 is 13.0. The van der Waals surface area contributed by atoms with E-state index in [0.29, 0.717) is 23.7 Å². The molecule has 0 bridgehead atoms. The van der Waals surface area contributed by atoms with E-state index < -0.39 is 6.09 Å². The number of fused-ring (bicyclic) bond motifs is 3. The maximum atomic E-state index is 10.7. The van der Waals surface area contributed by atoms with Crippen LogP contribution >= 0.6 is 0 Å². The summed E-state index contributed by atoms with van der Waals surface area (Å²) in [5, 5.41) is 13.2. The molecule has 0 saturated heterocycles. The summed E-state index contributed by atoms with van der Waals surface area (Å²) in [5.41, 5.74) is 3.48. The molecule has 0 aliphatic carbocycles. The van der Waals surface area contributed by atoms with E-state index in [1.165, 1.54) is 0 Å². The van der Waals surface area contributed by atoms with E-state index in [0.717, 1.165) is 27.4 Å². The number of rotatable bonds is 5. The third-order valence-corrected chi connectivity index (χ3v) is 4.65. The van der Waals surface area contributed by atoms with E-state index in [1.54, 1.807) is 26.4 Å². The second kappa shape index (κ2) is 7.11. The van der Waals surface area contributed by atoms with Crippen LogP contribution in [0.5, 0.6) is 11.5 Å². The Hall–Kier alpha value is -3.74. The minimum absolute atomic E-state index is 0.542. The zero-order chi connectivity index (χ0) is 19.7. The lowest BCUT2D eigenvalue weighted by Gasteiger charge is -2.12.